The van der Waals surface area contributed by atoms with Crippen molar-refractivity contribution < 1.29 is 14.7 Å². The van der Waals surface area contributed by atoms with Gasteiger partial charge in [-0.1, -0.05) is 46.5 Å². The van der Waals surface area contributed by atoms with Crippen LogP contribution in [0.25, 0.3) is 11.4 Å². The molecule has 1 atom stereocenters. The van der Waals surface area contributed by atoms with Crippen LogP contribution in [-0.4, -0.2) is 33.1 Å². The minimum atomic E-state index is -1.03. The quantitative estimate of drug-likeness (QED) is 0.485. The van der Waals surface area contributed by atoms with Crippen LogP contribution in [0.15, 0.2) is 11.4 Å². The zero-order chi connectivity index (χ0) is 21.4. The fourth-order valence-electron chi connectivity index (χ4n) is 3.46. The summed E-state index contributed by atoms with van der Waals surface area (Å²) in [4.78, 5) is 28.4. The zero-order valence-electron chi connectivity index (χ0n) is 18.0. The molecule has 0 aliphatic rings. The Labute approximate surface area is 177 Å². The minimum Gasteiger partial charge on any atom is -0.476 e. The summed E-state index contributed by atoms with van der Waals surface area (Å²) in [5.74, 6) is -0.597. The minimum absolute atomic E-state index is 0.0635. The Morgan fingerprint density at radius 3 is 2.55 bits per heavy atom. The second-order valence-corrected chi connectivity index (χ2v) is 8.36. The number of nitrogens with one attached hydrogen (secondary N) is 1. The maximum absolute atomic E-state index is 12.9. The van der Waals surface area contributed by atoms with Crippen molar-refractivity contribution in [3.63, 3.8) is 0 Å². The first-order valence-electron chi connectivity index (χ1n) is 10.6. The van der Waals surface area contributed by atoms with Crippen LogP contribution < -0.4 is 5.32 Å². The van der Waals surface area contributed by atoms with Crippen LogP contribution in [0.2, 0.25) is 0 Å². The van der Waals surface area contributed by atoms with Gasteiger partial charge in [0.15, 0.2) is 0 Å². The Balaban J connectivity index is 2.26. The van der Waals surface area contributed by atoms with E-state index in [1.807, 2.05) is 13.0 Å². The van der Waals surface area contributed by atoms with Gasteiger partial charge in [0.05, 0.1) is 17.0 Å². The molecule has 1 amide bonds. The number of amides is 1. The van der Waals surface area contributed by atoms with Crippen molar-refractivity contribution >= 4 is 23.2 Å². The largest absolute Gasteiger partial charge is 0.476 e. The van der Waals surface area contributed by atoms with Crippen molar-refractivity contribution in [1.82, 2.24) is 14.9 Å². The molecule has 2 aromatic rings. The first-order chi connectivity index (χ1) is 13.9. The highest BCUT2D eigenvalue weighted by Gasteiger charge is 2.21. The Hall–Kier alpha value is -2.15. The van der Waals surface area contributed by atoms with Crippen molar-refractivity contribution in [1.29, 1.82) is 0 Å². The zero-order valence-corrected chi connectivity index (χ0v) is 18.8. The molecule has 0 aliphatic carbocycles. The number of rotatable bonds is 12. The maximum Gasteiger partial charge on any atom is 0.365 e. The molecule has 0 aliphatic heterocycles. The van der Waals surface area contributed by atoms with E-state index in [4.69, 9.17) is 0 Å². The molecule has 0 saturated carbocycles. The highest BCUT2D eigenvalue weighted by molar-refractivity contribution is 7.11. The summed E-state index contributed by atoms with van der Waals surface area (Å²) < 4.78 is 2.09. The monoisotopic (exact) mass is 419 g/mol. The Morgan fingerprint density at radius 2 is 1.97 bits per heavy atom. The van der Waals surface area contributed by atoms with Crippen molar-refractivity contribution in [2.24, 2.45) is 5.92 Å². The van der Waals surface area contributed by atoms with E-state index in [1.54, 1.807) is 5.38 Å². The number of aromatic carboxylic acids is 1. The Bertz CT molecular complexity index is 825. The van der Waals surface area contributed by atoms with Crippen LogP contribution >= 0.6 is 11.3 Å². The Morgan fingerprint density at radius 1 is 1.24 bits per heavy atom. The Kier molecular flexibility index (Phi) is 8.89. The summed E-state index contributed by atoms with van der Waals surface area (Å²) in [6.07, 6.45) is 6.55. The molecule has 0 aromatic carbocycles. The van der Waals surface area contributed by atoms with E-state index in [-0.39, 0.29) is 10.9 Å². The summed E-state index contributed by atoms with van der Waals surface area (Å²) in [6.45, 7) is 9.89. The lowest BCUT2D eigenvalue weighted by atomic mass is 9.99. The highest BCUT2D eigenvalue weighted by atomic mass is 32.1. The number of carboxylic acid groups (broad SMARTS) is 1. The van der Waals surface area contributed by atoms with Crippen molar-refractivity contribution in [3.05, 3.63) is 27.7 Å². The van der Waals surface area contributed by atoms with Crippen LogP contribution in [0, 0.1) is 12.8 Å². The van der Waals surface area contributed by atoms with Crippen LogP contribution in [0.5, 0.6) is 0 Å². The molecule has 0 saturated heterocycles. The van der Waals surface area contributed by atoms with Gasteiger partial charge < -0.3 is 15.0 Å². The van der Waals surface area contributed by atoms with Crippen LogP contribution in [0.3, 0.4) is 0 Å². The van der Waals surface area contributed by atoms with Gasteiger partial charge in [-0.3, -0.25) is 4.79 Å². The second kappa shape index (κ2) is 11.1. The fourth-order valence-corrected chi connectivity index (χ4v) is 4.11. The predicted molar refractivity (Wildman–Crippen MR) is 118 cm³/mol. The summed E-state index contributed by atoms with van der Waals surface area (Å²) >= 11 is 1.11. The van der Waals surface area contributed by atoms with Gasteiger partial charge in [-0.2, -0.15) is 0 Å². The van der Waals surface area contributed by atoms with Gasteiger partial charge in [-0.25, -0.2) is 9.78 Å². The number of carbonyl (C=O) groups is 2. The maximum atomic E-state index is 12.9. The smallest absolute Gasteiger partial charge is 0.365 e. The number of hydrogen-bond donors (Lipinski definition) is 2. The normalized spacial score (nSPS) is 12.1. The fraction of sp³-hybridized carbons (Fsp3) is 0.591. The molecular weight excluding hydrogens is 386 g/mol. The lowest BCUT2D eigenvalue weighted by Crippen LogP contribution is -2.29. The molecule has 29 heavy (non-hydrogen) atoms. The molecule has 2 heterocycles. The van der Waals surface area contributed by atoms with Gasteiger partial charge in [0.1, 0.15) is 0 Å². The first kappa shape index (κ1) is 23.1. The number of unbranched alkanes of at least 4 members (excludes halogenated alkanes) is 2. The molecule has 160 valence electrons. The molecule has 0 bridgehead atoms. The molecular formula is C22H33N3O3S. The lowest BCUT2D eigenvalue weighted by Gasteiger charge is -2.15. The van der Waals surface area contributed by atoms with Crippen LogP contribution in [0.1, 0.15) is 85.2 Å². The van der Waals surface area contributed by atoms with E-state index in [1.165, 1.54) is 12.8 Å². The molecule has 0 fully saturated rings. The topological polar surface area (TPSA) is 84.2 Å². The third kappa shape index (κ3) is 5.92. The van der Waals surface area contributed by atoms with E-state index < -0.39 is 5.97 Å². The number of aromatic nitrogens is 2. The van der Waals surface area contributed by atoms with Gasteiger partial charge in [0, 0.05) is 24.2 Å². The molecule has 7 heteroatoms. The molecule has 2 N–H and O–H groups in total. The first-order valence-corrected chi connectivity index (χ1v) is 11.5. The molecule has 2 rings (SSSR count). The van der Waals surface area contributed by atoms with Gasteiger partial charge in [-0.15, -0.1) is 11.3 Å². The number of hydrogen-bond acceptors (Lipinski definition) is 4. The standard InChI is InChI=1S/C22H33N3O3S/c1-5-8-10-16(7-3)13-23-20(26)17-12-19(25(15(17)4)11-9-6-2)18-14-29-21(24-18)22(27)28/h12,14,16H,5-11,13H2,1-4H3,(H,23,26)(H,27,28). The average Bonchev–Trinajstić information content (AvgIpc) is 3.31. The predicted octanol–water partition coefficient (Wildman–Crippen LogP) is 5.36. The van der Waals surface area contributed by atoms with E-state index in [9.17, 15) is 14.7 Å². The third-order valence-electron chi connectivity index (χ3n) is 5.39. The summed E-state index contributed by atoms with van der Waals surface area (Å²) in [5, 5.41) is 14.1. The summed E-state index contributed by atoms with van der Waals surface area (Å²) in [6, 6.07) is 1.86. The highest BCUT2D eigenvalue weighted by Crippen LogP contribution is 2.28. The molecule has 6 nitrogen and oxygen atoms in total. The molecule has 0 radical (unpaired) electrons. The SMILES string of the molecule is CCCCC(CC)CNC(=O)c1cc(-c2csc(C(=O)O)n2)n(CCCC)c1C. The van der Waals surface area contributed by atoms with E-state index in [0.29, 0.717) is 23.7 Å². The lowest BCUT2D eigenvalue weighted by molar-refractivity contribution is 0.0696. The van der Waals surface area contributed by atoms with Crippen LogP contribution in [-0.2, 0) is 6.54 Å². The molecule has 1 unspecified atom stereocenters. The van der Waals surface area contributed by atoms with E-state index in [0.717, 1.165) is 55.0 Å². The molecule has 2 aromatic heterocycles. The molecule has 0 spiro atoms. The number of thiazole rings is 1. The average molecular weight is 420 g/mol. The van der Waals surface area contributed by atoms with Gasteiger partial charge in [0.25, 0.3) is 5.91 Å². The second-order valence-electron chi connectivity index (χ2n) is 7.50. The van der Waals surface area contributed by atoms with Crippen molar-refractivity contribution in [3.8, 4) is 11.4 Å². The van der Waals surface area contributed by atoms with Crippen molar-refractivity contribution in [2.75, 3.05) is 6.54 Å². The van der Waals surface area contributed by atoms with Crippen LogP contribution in [0.4, 0.5) is 0 Å². The van der Waals surface area contributed by atoms with Crippen molar-refractivity contribution in [2.45, 2.75) is 72.8 Å². The number of carbonyl (C=O) groups excluding carboxylic acids is 1. The number of nitrogens with zero attached hydrogens (tertiary/aromatic N) is 2. The van der Waals surface area contributed by atoms with Gasteiger partial charge >= 0.3 is 5.97 Å². The number of carboxylic acids is 1. The van der Waals surface area contributed by atoms with Gasteiger partial charge in [0.2, 0.25) is 5.01 Å². The summed E-state index contributed by atoms with van der Waals surface area (Å²) in [5.41, 5.74) is 2.96. The third-order valence-corrected chi connectivity index (χ3v) is 6.22. The van der Waals surface area contributed by atoms with E-state index in [2.05, 4.69) is 35.6 Å². The van der Waals surface area contributed by atoms with E-state index >= 15 is 0 Å². The van der Waals surface area contributed by atoms with Gasteiger partial charge in [-0.05, 0) is 31.7 Å². The summed E-state index contributed by atoms with van der Waals surface area (Å²) in [7, 11) is 0.